The van der Waals surface area contributed by atoms with Crippen LogP contribution in [0, 0.1) is 5.82 Å². The van der Waals surface area contributed by atoms with E-state index in [4.69, 9.17) is 0 Å². The Hall–Kier alpha value is -2.52. The smallest absolute Gasteiger partial charge is 0.256 e. The van der Waals surface area contributed by atoms with Gasteiger partial charge in [0.05, 0.1) is 11.2 Å². The molecule has 30 heavy (non-hydrogen) atoms. The maximum atomic E-state index is 14.1. The molecule has 0 fully saturated rings. The summed E-state index contributed by atoms with van der Waals surface area (Å²) in [7, 11) is -4.12. The number of anilines is 1. The van der Waals surface area contributed by atoms with Crippen LogP contribution < -0.4 is 10.0 Å². The lowest BCUT2D eigenvalue weighted by molar-refractivity contribution is 0.102. The quantitative estimate of drug-likeness (QED) is 0.674. The van der Waals surface area contributed by atoms with Gasteiger partial charge in [-0.25, -0.2) is 22.2 Å². The predicted octanol–water partition coefficient (Wildman–Crippen LogP) is 3.79. The van der Waals surface area contributed by atoms with E-state index in [1.165, 1.54) is 12.1 Å². The Bertz CT molecular complexity index is 1060. The van der Waals surface area contributed by atoms with E-state index in [-0.39, 0.29) is 17.5 Å². The second kappa shape index (κ2) is 8.31. The highest BCUT2D eigenvalue weighted by molar-refractivity contribution is 7.89. The molecule has 9 heteroatoms. The van der Waals surface area contributed by atoms with E-state index in [0.717, 1.165) is 17.8 Å². The highest BCUT2D eigenvalue weighted by atomic mass is 32.2. The number of halogens is 1. The minimum absolute atomic E-state index is 0.00865. The maximum Gasteiger partial charge on any atom is 0.256 e. The van der Waals surface area contributed by atoms with Crippen molar-refractivity contribution in [2.75, 3.05) is 11.9 Å². The number of rotatable bonds is 6. The van der Waals surface area contributed by atoms with Crippen LogP contribution in [0.5, 0.6) is 0 Å². The van der Waals surface area contributed by atoms with Crippen LogP contribution in [0.25, 0.3) is 0 Å². The van der Waals surface area contributed by atoms with Crippen molar-refractivity contribution < 1.29 is 17.6 Å². The molecular formula is C21H29FN4O3S. The van der Waals surface area contributed by atoms with E-state index in [9.17, 15) is 17.6 Å². The second-order valence-electron chi connectivity index (χ2n) is 8.99. The summed E-state index contributed by atoms with van der Waals surface area (Å²) in [5.41, 5.74) is 0.167. The first kappa shape index (κ1) is 23.8. The van der Waals surface area contributed by atoms with Gasteiger partial charge >= 0.3 is 0 Å². The molecule has 0 aliphatic heterocycles. The number of nitrogens with one attached hydrogen (secondary N) is 2. The average molecular weight is 437 g/mol. The Balaban J connectivity index is 2.43. The highest BCUT2D eigenvalue weighted by Crippen LogP contribution is 2.28. The largest absolute Gasteiger partial charge is 0.307 e. The first-order valence-corrected chi connectivity index (χ1v) is 11.0. The molecule has 0 aliphatic rings. The minimum atomic E-state index is -4.12. The molecule has 0 unspecified atom stereocenters. The molecule has 1 heterocycles. The van der Waals surface area contributed by atoms with Gasteiger partial charge in [-0.1, -0.05) is 26.8 Å². The third-order valence-corrected chi connectivity index (χ3v) is 5.69. The number of aromatic nitrogens is 2. The lowest BCUT2D eigenvalue weighted by atomic mass is 9.92. The molecule has 2 N–H and O–H groups in total. The van der Waals surface area contributed by atoms with Crippen LogP contribution in [0.2, 0.25) is 0 Å². The van der Waals surface area contributed by atoms with Crippen molar-refractivity contribution >= 4 is 21.7 Å². The van der Waals surface area contributed by atoms with E-state index in [0.29, 0.717) is 5.82 Å². The number of nitrogens with zero attached hydrogens (tertiary/aromatic N) is 2. The van der Waals surface area contributed by atoms with Crippen molar-refractivity contribution in [3.8, 4) is 0 Å². The van der Waals surface area contributed by atoms with Gasteiger partial charge in [0.15, 0.2) is 0 Å². The second-order valence-corrected chi connectivity index (χ2v) is 10.7. The molecule has 0 atom stereocenters. The van der Waals surface area contributed by atoms with Crippen molar-refractivity contribution in [2.45, 2.75) is 57.4 Å². The standard InChI is InChI=1S/C21H29FN4O3S/c1-8-11-23-30(28,29)16-12-14(9-10-15(16)22)19(27)24-18-13-17(20(2,3)4)25-26(18)21(5,6)7/h8-10,12-13,23H,1,11H2,2-7H3,(H,24,27). The van der Waals surface area contributed by atoms with Crippen LogP contribution in [0.15, 0.2) is 41.8 Å². The van der Waals surface area contributed by atoms with Gasteiger partial charge in [0.2, 0.25) is 10.0 Å². The lowest BCUT2D eigenvalue weighted by Gasteiger charge is -2.23. The van der Waals surface area contributed by atoms with Crippen LogP contribution >= 0.6 is 0 Å². The van der Waals surface area contributed by atoms with Crippen molar-refractivity contribution in [1.29, 1.82) is 0 Å². The van der Waals surface area contributed by atoms with Crippen molar-refractivity contribution in [1.82, 2.24) is 14.5 Å². The van der Waals surface area contributed by atoms with Crippen LogP contribution in [-0.4, -0.2) is 30.7 Å². The number of hydrogen-bond acceptors (Lipinski definition) is 4. The van der Waals surface area contributed by atoms with Crippen molar-refractivity contribution in [3.05, 3.63) is 54.0 Å². The maximum absolute atomic E-state index is 14.1. The van der Waals surface area contributed by atoms with Gasteiger partial charge in [-0.15, -0.1) is 6.58 Å². The third-order valence-electron chi connectivity index (χ3n) is 4.26. The third kappa shape index (κ3) is 5.34. The number of sulfonamides is 1. The zero-order valence-corrected chi connectivity index (χ0v) is 19.0. The molecule has 164 valence electrons. The monoisotopic (exact) mass is 436 g/mol. The zero-order chi connectivity index (χ0) is 22.9. The number of amides is 1. The average Bonchev–Trinajstić information content (AvgIpc) is 3.04. The van der Waals surface area contributed by atoms with Gasteiger partial charge in [0.1, 0.15) is 16.5 Å². The molecule has 2 rings (SSSR count). The topological polar surface area (TPSA) is 93.1 Å². The van der Waals surface area contributed by atoms with Gasteiger partial charge in [-0.05, 0) is 39.0 Å². The van der Waals surface area contributed by atoms with Crippen LogP contribution in [0.4, 0.5) is 10.2 Å². The number of carbonyl (C=O) groups is 1. The fourth-order valence-corrected chi connectivity index (χ4v) is 3.73. The Labute approximate surface area is 177 Å². The van der Waals surface area contributed by atoms with E-state index >= 15 is 0 Å². The van der Waals surface area contributed by atoms with Crippen LogP contribution in [0.1, 0.15) is 57.6 Å². The van der Waals surface area contributed by atoms with E-state index in [2.05, 4.69) is 21.7 Å². The Kier molecular flexibility index (Phi) is 6.58. The summed E-state index contributed by atoms with van der Waals surface area (Å²) in [6, 6.07) is 4.99. The Morgan fingerprint density at radius 2 is 1.83 bits per heavy atom. The minimum Gasteiger partial charge on any atom is -0.307 e. The normalized spacial score (nSPS) is 12.6. The summed E-state index contributed by atoms with van der Waals surface area (Å²) in [6.45, 7) is 15.3. The van der Waals surface area contributed by atoms with E-state index in [1.54, 1.807) is 10.7 Å². The van der Waals surface area contributed by atoms with Gasteiger partial charge in [-0.2, -0.15) is 5.10 Å². The Morgan fingerprint density at radius 3 is 2.37 bits per heavy atom. The Morgan fingerprint density at radius 1 is 1.20 bits per heavy atom. The summed E-state index contributed by atoms with van der Waals surface area (Å²) < 4.78 is 42.7. The fraction of sp³-hybridized carbons (Fsp3) is 0.429. The number of hydrogen-bond donors (Lipinski definition) is 2. The van der Waals surface area contributed by atoms with Gasteiger partial charge < -0.3 is 5.32 Å². The SMILES string of the molecule is C=CCNS(=O)(=O)c1cc(C(=O)Nc2cc(C(C)(C)C)nn2C(C)(C)C)ccc1F. The first-order chi connectivity index (χ1) is 13.7. The summed E-state index contributed by atoms with van der Waals surface area (Å²) in [6.07, 6.45) is 1.34. The fourth-order valence-electron chi connectivity index (χ4n) is 2.63. The molecule has 0 bridgehead atoms. The molecule has 0 saturated carbocycles. The van der Waals surface area contributed by atoms with Crippen LogP contribution in [-0.2, 0) is 21.0 Å². The molecular weight excluding hydrogens is 407 g/mol. The first-order valence-electron chi connectivity index (χ1n) is 9.49. The summed E-state index contributed by atoms with van der Waals surface area (Å²) >= 11 is 0. The number of carbonyl (C=O) groups excluding carboxylic acids is 1. The molecule has 1 amide bonds. The molecule has 1 aromatic carbocycles. The van der Waals surface area contributed by atoms with E-state index < -0.39 is 32.2 Å². The zero-order valence-electron chi connectivity index (χ0n) is 18.2. The van der Waals surface area contributed by atoms with Gasteiger partial charge in [0, 0.05) is 23.6 Å². The van der Waals surface area contributed by atoms with Crippen LogP contribution in [0.3, 0.4) is 0 Å². The molecule has 2 aromatic rings. The summed E-state index contributed by atoms with van der Waals surface area (Å²) in [4.78, 5) is 12.3. The molecule has 0 radical (unpaired) electrons. The molecule has 7 nitrogen and oxygen atoms in total. The molecule has 0 saturated heterocycles. The van der Waals surface area contributed by atoms with Crippen molar-refractivity contribution in [2.24, 2.45) is 0 Å². The molecule has 1 aromatic heterocycles. The van der Waals surface area contributed by atoms with Gasteiger partial charge in [0.25, 0.3) is 5.91 Å². The number of benzene rings is 1. The van der Waals surface area contributed by atoms with Crippen molar-refractivity contribution in [3.63, 3.8) is 0 Å². The highest BCUT2D eigenvalue weighted by Gasteiger charge is 2.27. The van der Waals surface area contributed by atoms with Gasteiger partial charge in [-0.3, -0.25) is 4.79 Å². The lowest BCUT2D eigenvalue weighted by Crippen LogP contribution is -2.27. The summed E-state index contributed by atoms with van der Waals surface area (Å²) in [5, 5.41) is 7.41. The summed E-state index contributed by atoms with van der Waals surface area (Å²) in [5.74, 6) is -1.05. The predicted molar refractivity (Wildman–Crippen MR) is 116 cm³/mol. The molecule has 0 spiro atoms. The molecule has 0 aliphatic carbocycles. The van der Waals surface area contributed by atoms with E-state index in [1.807, 2.05) is 41.5 Å².